The van der Waals surface area contributed by atoms with E-state index < -0.39 is 0 Å². The van der Waals surface area contributed by atoms with Crippen molar-refractivity contribution in [3.05, 3.63) is 28.2 Å². The van der Waals surface area contributed by atoms with E-state index in [1.165, 1.54) is 6.42 Å². The number of nitrogens with zero attached hydrogens (tertiary/aromatic N) is 1. The molecule has 0 saturated carbocycles. The topological polar surface area (TPSA) is 15.3 Å². The van der Waals surface area contributed by atoms with Gasteiger partial charge in [-0.25, -0.2) is 0 Å². The molecule has 4 heteroatoms. The highest BCUT2D eigenvalue weighted by Gasteiger charge is 2.22. The zero-order valence-electron chi connectivity index (χ0n) is 10.2. The molecule has 2 rings (SSSR count). The molecule has 94 valence electrons. The number of rotatable bonds is 2. The van der Waals surface area contributed by atoms with E-state index in [-0.39, 0.29) is 0 Å². The largest absolute Gasteiger partial charge is 0.382 e. The van der Waals surface area contributed by atoms with Gasteiger partial charge in [-0.2, -0.15) is 0 Å². The Kier molecular flexibility index (Phi) is 4.18. The van der Waals surface area contributed by atoms with Gasteiger partial charge < -0.3 is 10.2 Å². The SMILES string of the molecule is CC1CC(Nc2ccc(Cl)c(Cl)c2)CCN1C. The summed E-state index contributed by atoms with van der Waals surface area (Å²) in [4.78, 5) is 2.40. The third kappa shape index (κ3) is 3.27. The fraction of sp³-hybridized carbons (Fsp3) is 0.538. The number of anilines is 1. The first-order valence-electron chi connectivity index (χ1n) is 5.98. The summed E-state index contributed by atoms with van der Waals surface area (Å²) >= 11 is 11.9. The number of nitrogens with one attached hydrogen (secondary N) is 1. The molecule has 0 radical (unpaired) electrons. The van der Waals surface area contributed by atoms with Crippen molar-refractivity contribution in [2.75, 3.05) is 18.9 Å². The Morgan fingerprint density at radius 2 is 2.06 bits per heavy atom. The summed E-state index contributed by atoms with van der Waals surface area (Å²) in [6, 6.07) is 6.87. The molecule has 1 N–H and O–H groups in total. The number of likely N-dealkylation sites (tertiary alicyclic amines) is 1. The normalized spacial score (nSPS) is 25.9. The van der Waals surface area contributed by atoms with Gasteiger partial charge in [0, 0.05) is 24.3 Å². The Balaban J connectivity index is 1.99. The van der Waals surface area contributed by atoms with Gasteiger partial charge in [-0.1, -0.05) is 23.2 Å². The molecule has 1 saturated heterocycles. The summed E-state index contributed by atoms with van der Waals surface area (Å²) in [7, 11) is 2.18. The summed E-state index contributed by atoms with van der Waals surface area (Å²) in [5.74, 6) is 0. The van der Waals surface area contributed by atoms with Crippen LogP contribution in [-0.4, -0.2) is 30.6 Å². The summed E-state index contributed by atoms with van der Waals surface area (Å²) in [6.07, 6.45) is 2.33. The van der Waals surface area contributed by atoms with E-state index in [1.54, 1.807) is 0 Å². The highest BCUT2D eigenvalue weighted by molar-refractivity contribution is 6.42. The molecule has 0 bridgehead atoms. The Morgan fingerprint density at radius 1 is 1.29 bits per heavy atom. The van der Waals surface area contributed by atoms with Crippen molar-refractivity contribution in [3.8, 4) is 0 Å². The van der Waals surface area contributed by atoms with E-state index >= 15 is 0 Å². The standard InChI is InChI=1S/C13H18Cl2N2/c1-9-7-11(5-6-17(9)2)16-10-3-4-12(14)13(15)8-10/h3-4,8-9,11,16H,5-7H2,1-2H3. The fourth-order valence-corrected chi connectivity index (χ4v) is 2.54. The van der Waals surface area contributed by atoms with E-state index in [0.717, 1.165) is 18.7 Å². The molecule has 0 aliphatic carbocycles. The van der Waals surface area contributed by atoms with E-state index in [2.05, 4.69) is 24.2 Å². The van der Waals surface area contributed by atoms with Crippen LogP contribution in [0.5, 0.6) is 0 Å². The predicted octanol–water partition coefficient (Wildman–Crippen LogP) is 3.89. The van der Waals surface area contributed by atoms with Crippen molar-refractivity contribution in [1.82, 2.24) is 4.90 Å². The molecule has 1 aliphatic heterocycles. The van der Waals surface area contributed by atoms with Gasteiger partial charge in [0.25, 0.3) is 0 Å². The van der Waals surface area contributed by atoms with Crippen molar-refractivity contribution in [3.63, 3.8) is 0 Å². The smallest absolute Gasteiger partial charge is 0.0612 e. The molecular weight excluding hydrogens is 255 g/mol. The minimum absolute atomic E-state index is 0.526. The fourth-order valence-electron chi connectivity index (χ4n) is 2.24. The van der Waals surface area contributed by atoms with Gasteiger partial charge in [0.2, 0.25) is 0 Å². The monoisotopic (exact) mass is 272 g/mol. The van der Waals surface area contributed by atoms with Crippen molar-refractivity contribution in [2.24, 2.45) is 0 Å². The average molecular weight is 273 g/mol. The van der Waals surface area contributed by atoms with E-state index in [9.17, 15) is 0 Å². The maximum absolute atomic E-state index is 6.00. The Morgan fingerprint density at radius 3 is 2.71 bits per heavy atom. The van der Waals surface area contributed by atoms with Gasteiger partial charge in [-0.15, -0.1) is 0 Å². The first-order chi connectivity index (χ1) is 8.06. The minimum Gasteiger partial charge on any atom is -0.382 e. The first kappa shape index (κ1) is 13.0. The van der Waals surface area contributed by atoms with Crippen LogP contribution in [0, 0.1) is 0 Å². The second kappa shape index (κ2) is 5.47. The Bertz CT molecular complexity index is 395. The lowest BCUT2D eigenvalue weighted by Crippen LogP contribution is -2.42. The molecule has 1 fully saturated rings. The lowest BCUT2D eigenvalue weighted by atomic mass is 9.99. The van der Waals surface area contributed by atoms with Gasteiger partial charge in [0.05, 0.1) is 10.0 Å². The van der Waals surface area contributed by atoms with Gasteiger partial charge >= 0.3 is 0 Å². The van der Waals surface area contributed by atoms with Gasteiger partial charge in [0.15, 0.2) is 0 Å². The second-order valence-corrected chi connectivity index (χ2v) is 5.64. The van der Waals surface area contributed by atoms with Crippen LogP contribution >= 0.6 is 23.2 Å². The van der Waals surface area contributed by atoms with Crippen molar-refractivity contribution >= 4 is 28.9 Å². The highest BCUT2D eigenvalue weighted by Crippen LogP contribution is 2.27. The van der Waals surface area contributed by atoms with Crippen LogP contribution < -0.4 is 5.32 Å². The van der Waals surface area contributed by atoms with Gasteiger partial charge in [0.1, 0.15) is 0 Å². The third-order valence-electron chi connectivity index (χ3n) is 3.50. The third-order valence-corrected chi connectivity index (χ3v) is 4.24. The molecule has 0 aromatic heterocycles. The molecule has 1 aromatic carbocycles. The summed E-state index contributed by atoms with van der Waals surface area (Å²) in [5.41, 5.74) is 1.06. The number of hydrogen-bond donors (Lipinski definition) is 1. The maximum Gasteiger partial charge on any atom is 0.0612 e. The molecule has 2 unspecified atom stereocenters. The summed E-state index contributed by atoms with van der Waals surface area (Å²) < 4.78 is 0. The minimum atomic E-state index is 0.526. The number of halogens is 2. The van der Waals surface area contributed by atoms with E-state index in [0.29, 0.717) is 22.1 Å². The molecule has 1 heterocycles. The molecule has 0 spiro atoms. The van der Waals surface area contributed by atoms with Crippen LogP contribution in [-0.2, 0) is 0 Å². The van der Waals surface area contributed by atoms with Gasteiger partial charge in [-0.05, 0) is 45.0 Å². The molecule has 1 aromatic rings. The Labute approximate surface area is 113 Å². The number of hydrogen-bond acceptors (Lipinski definition) is 2. The van der Waals surface area contributed by atoms with Crippen LogP contribution in [0.2, 0.25) is 10.0 Å². The summed E-state index contributed by atoms with van der Waals surface area (Å²) in [5, 5.41) is 4.74. The average Bonchev–Trinajstić information content (AvgIpc) is 2.29. The van der Waals surface area contributed by atoms with E-state index in [4.69, 9.17) is 23.2 Å². The lowest BCUT2D eigenvalue weighted by molar-refractivity contribution is 0.190. The quantitative estimate of drug-likeness (QED) is 0.879. The summed E-state index contributed by atoms with van der Waals surface area (Å²) in [6.45, 7) is 3.41. The van der Waals surface area contributed by atoms with Crippen LogP contribution in [0.1, 0.15) is 19.8 Å². The van der Waals surface area contributed by atoms with Crippen LogP contribution in [0.15, 0.2) is 18.2 Å². The van der Waals surface area contributed by atoms with E-state index in [1.807, 2.05) is 18.2 Å². The molecule has 2 nitrogen and oxygen atoms in total. The number of piperidine rings is 1. The zero-order valence-corrected chi connectivity index (χ0v) is 11.7. The molecular formula is C13H18Cl2N2. The second-order valence-electron chi connectivity index (χ2n) is 4.82. The molecule has 0 amide bonds. The van der Waals surface area contributed by atoms with Crippen LogP contribution in [0.25, 0.3) is 0 Å². The Hall–Kier alpha value is -0.440. The lowest BCUT2D eigenvalue weighted by Gasteiger charge is -2.35. The first-order valence-corrected chi connectivity index (χ1v) is 6.73. The van der Waals surface area contributed by atoms with Crippen LogP contribution in [0.4, 0.5) is 5.69 Å². The maximum atomic E-state index is 6.00. The highest BCUT2D eigenvalue weighted by atomic mass is 35.5. The van der Waals surface area contributed by atoms with Crippen molar-refractivity contribution in [1.29, 1.82) is 0 Å². The molecule has 17 heavy (non-hydrogen) atoms. The van der Waals surface area contributed by atoms with Crippen LogP contribution in [0.3, 0.4) is 0 Å². The van der Waals surface area contributed by atoms with Crippen molar-refractivity contribution in [2.45, 2.75) is 31.8 Å². The molecule has 2 atom stereocenters. The zero-order chi connectivity index (χ0) is 12.4. The number of benzene rings is 1. The molecule has 1 aliphatic rings. The van der Waals surface area contributed by atoms with Gasteiger partial charge in [-0.3, -0.25) is 0 Å². The predicted molar refractivity (Wildman–Crippen MR) is 75.2 cm³/mol. The van der Waals surface area contributed by atoms with Crippen molar-refractivity contribution < 1.29 is 0 Å².